The number of rotatable bonds is 4. The second-order valence-electron chi connectivity index (χ2n) is 6.51. The van der Waals surface area contributed by atoms with Crippen molar-refractivity contribution in [1.29, 1.82) is 0 Å². The second kappa shape index (κ2) is 6.53. The predicted molar refractivity (Wildman–Crippen MR) is 95.5 cm³/mol. The molecule has 2 heterocycles. The number of ketones is 1. The van der Waals surface area contributed by atoms with Crippen molar-refractivity contribution in [3.63, 3.8) is 0 Å². The van der Waals surface area contributed by atoms with Gasteiger partial charge in [0.05, 0.1) is 25.2 Å². The molecule has 27 heavy (non-hydrogen) atoms. The van der Waals surface area contributed by atoms with E-state index in [0.29, 0.717) is 33.9 Å². The van der Waals surface area contributed by atoms with E-state index in [0.717, 1.165) is 0 Å². The zero-order chi connectivity index (χ0) is 19.0. The fourth-order valence-corrected chi connectivity index (χ4v) is 3.10. The van der Waals surface area contributed by atoms with Crippen LogP contribution in [0.2, 0.25) is 0 Å². The van der Waals surface area contributed by atoms with Crippen molar-refractivity contribution in [2.75, 3.05) is 13.2 Å². The first-order chi connectivity index (χ1) is 13.0. The van der Waals surface area contributed by atoms with Gasteiger partial charge in [-0.1, -0.05) is 17.3 Å². The van der Waals surface area contributed by atoms with Gasteiger partial charge >= 0.3 is 0 Å². The van der Waals surface area contributed by atoms with Crippen molar-refractivity contribution in [3.05, 3.63) is 54.1 Å². The van der Waals surface area contributed by atoms with Gasteiger partial charge in [-0.05, 0) is 30.3 Å². The number of fused-ring (bicyclic) bond motifs is 1. The first kappa shape index (κ1) is 17.3. The van der Waals surface area contributed by atoms with E-state index < -0.39 is 18.8 Å². The lowest BCUT2D eigenvalue weighted by Gasteiger charge is -2.34. The summed E-state index contributed by atoms with van der Waals surface area (Å²) in [7, 11) is 0. The molecule has 3 aromatic rings. The van der Waals surface area contributed by atoms with Crippen LogP contribution in [-0.2, 0) is 0 Å². The minimum Gasteiger partial charge on any atom is -0.507 e. The number of Topliss-reactive ketones (excluding diaryl/α,β-unsaturated/α-hetero) is 1. The van der Waals surface area contributed by atoms with Crippen LogP contribution in [0.3, 0.4) is 0 Å². The number of ether oxygens (including phenoxy) is 1. The molecule has 0 atom stereocenters. The molecule has 1 aliphatic heterocycles. The summed E-state index contributed by atoms with van der Waals surface area (Å²) in [6.45, 7) is -0.912. The van der Waals surface area contributed by atoms with Crippen LogP contribution in [0.4, 0.5) is 0 Å². The molecule has 0 radical (unpaired) electrons. The Kier molecular flexibility index (Phi) is 4.18. The van der Waals surface area contributed by atoms with Gasteiger partial charge in [-0.3, -0.25) is 4.79 Å². The topological polar surface area (TPSA) is 113 Å². The first-order valence-electron chi connectivity index (χ1n) is 8.39. The average Bonchev–Trinajstić information content (AvgIpc) is 3.18. The number of aromatic hydroxyl groups is 1. The molecule has 138 valence electrons. The number of aliphatic hydroxyl groups excluding tert-OH is 2. The van der Waals surface area contributed by atoms with Gasteiger partial charge in [0.15, 0.2) is 17.1 Å². The highest BCUT2D eigenvalue weighted by atomic mass is 16.5. The summed E-state index contributed by atoms with van der Waals surface area (Å²) < 4.78 is 11.0. The van der Waals surface area contributed by atoms with Crippen LogP contribution in [0.1, 0.15) is 16.8 Å². The largest absolute Gasteiger partial charge is 0.507 e. The molecule has 7 nitrogen and oxygen atoms in total. The maximum Gasteiger partial charge on any atom is 0.170 e. The standard InChI is InChI=1S/C20H17NO6/c22-10-20(11-23)9-17(25)14-7-12(5-6-18(14)26-20)19-8-15(21-27-19)13-3-1-2-4-16(13)24/h1-8,22-24H,9-11H2. The number of aliphatic hydroxyl groups is 2. The van der Waals surface area contributed by atoms with Crippen molar-refractivity contribution < 1.29 is 29.4 Å². The van der Waals surface area contributed by atoms with Crippen molar-refractivity contribution in [1.82, 2.24) is 5.16 Å². The summed E-state index contributed by atoms with van der Waals surface area (Å²) in [4.78, 5) is 12.5. The number of para-hydroxylation sites is 1. The van der Waals surface area contributed by atoms with Gasteiger partial charge in [0, 0.05) is 17.2 Å². The van der Waals surface area contributed by atoms with Gasteiger partial charge in [-0.25, -0.2) is 0 Å². The third-order valence-corrected chi connectivity index (χ3v) is 4.64. The SMILES string of the molecule is O=C1CC(CO)(CO)Oc2ccc(-c3cc(-c4ccccc4O)no3)cc21. The molecule has 0 unspecified atom stereocenters. The lowest BCUT2D eigenvalue weighted by Crippen LogP contribution is -2.48. The van der Waals surface area contributed by atoms with E-state index >= 15 is 0 Å². The summed E-state index contributed by atoms with van der Waals surface area (Å²) in [5.41, 5.74) is 0.699. The Hall–Kier alpha value is -3.16. The summed E-state index contributed by atoms with van der Waals surface area (Å²) in [5, 5.41) is 32.9. The molecule has 0 saturated carbocycles. The van der Waals surface area contributed by atoms with Gasteiger partial charge in [0.25, 0.3) is 0 Å². The molecule has 1 aliphatic rings. The Morgan fingerprint density at radius 3 is 2.56 bits per heavy atom. The number of carbonyl (C=O) groups excluding carboxylic acids is 1. The van der Waals surface area contributed by atoms with E-state index in [9.17, 15) is 20.1 Å². The molecule has 7 heteroatoms. The maximum absolute atomic E-state index is 12.5. The molecule has 4 rings (SSSR count). The van der Waals surface area contributed by atoms with Crippen LogP contribution in [-0.4, -0.2) is 45.1 Å². The number of aromatic nitrogens is 1. The van der Waals surface area contributed by atoms with Gasteiger partial charge in [0.2, 0.25) is 0 Å². The molecule has 0 aliphatic carbocycles. The fourth-order valence-electron chi connectivity index (χ4n) is 3.10. The van der Waals surface area contributed by atoms with E-state index in [2.05, 4.69) is 5.16 Å². The van der Waals surface area contributed by atoms with E-state index in [1.165, 1.54) is 0 Å². The van der Waals surface area contributed by atoms with Crippen LogP contribution in [0, 0.1) is 0 Å². The lowest BCUT2D eigenvalue weighted by molar-refractivity contribution is -0.0403. The number of carbonyl (C=O) groups is 1. The normalized spacial score (nSPS) is 15.3. The molecule has 1 aromatic heterocycles. The number of nitrogens with zero attached hydrogens (tertiary/aromatic N) is 1. The van der Waals surface area contributed by atoms with E-state index in [1.807, 2.05) is 0 Å². The van der Waals surface area contributed by atoms with Crippen LogP contribution in [0.25, 0.3) is 22.6 Å². The number of hydrogen-bond donors (Lipinski definition) is 3. The fraction of sp³-hybridized carbons (Fsp3) is 0.200. The van der Waals surface area contributed by atoms with Crippen LogP contribution in [0.5, 0.6) is 11.5 Å². The first-order valence-corrected chi connectivity index (χ1v) is 8.39. The summed E-state index contributed by atoms with van der Waals surface area (Å²) >= 11 is 0. The molecule has 2 aromatic carbocycles. The van der Waals surface area contributed by atoms with Crippen molar-refractivity contribution >= 4 is 5.78 Å². The number of phenols is 1. The van der Waals surface area contributed by atoms with Gasteiger partial charge < -0.3 is 24.6 Å². The minimum atomic E-state index is -1.30. The molecule has 0 spiro atoms. The van der Waals surface area contributed by atoms with E-state index in [1.54, 1.807) is 48.5 Å². The minimum absolute atomic E-state index is 0.0933. The van der Waals surface area contributed by atoms with E-state index in [-0.39, 0.29) is 18.0 Å². The van der Waals surface area contributed by atoms with Gasteiger partial charge in [0.1, 0.15) is 17.2 Å². The Morgan fingerprint density at radius 2 is 1.81 bits per heavy atom. The van der Waals surface area contributed by atoms with Gasteiger partial charge in [-0.2, -0.15) is 0 Å². The highest BCUT2D eigenvalue weighted by Gasteiger charge is 2.40. The van der Waals surface area contributed by atoms with Crippen LogP contribution >= 0.6 is 0 Å². The highest BCUT2D eigenvalue weighted by Crippen LogP contribution is 2.37. The van der Waals surface area contributed by atoms with Crippen molar-refractivity contribution in [2.45, 2.75) is 12.0 Å². The second-order valence-corrected chi connectivity index (χ2v) is 6.51. The Bertz CT molecular complexity index is 1010. The number of hydrogen-bond acceptors (Lipinski definition) is 7. The zero-order valence-electron chi connectivity index (χ0n) is 14.3. The third kappa shape index (κ3) is 2.97. The molecular formula is C20H17NO6. The van der Waals surface area contributed by atoms with E-state index in [4.69, 9.17) is 9.26 Å². The molecular weight excluding hydrogens is 350 g/mol. The smallest absolute Gasteiger partial charge is 0.170 e. The Labute approximate surface area is 154 Å². The summed E-state index contributed by atoms with van der Waals surface area (Å²) in [5.74, 6) is 0.598. The van der Waals surface area contributed by atoms with Crippen molar-refractivity contribution in [2.24, 2.45) is 0 Å². The number of benzene rings is 2. The predicted octanol–water partition coefficient (Wildman–Crippen LogP) is 2.40. The Morgan fingerprint density at radius 1 is 1.04 bits per heavy atom. The summed E-state index contributed by atoms with van der Waals surface area (Å²) in [6, 6.07) is 13.4. The average molecular weight is 367 g/mol. The maximum atomic E-state index is 12.5. The van der Waals surface area contributed by atoms with Crippen LogP contribution in [0.15, 0.2) is 53.1 Å². The summed E-state index contributed by atoms with van der Waals surface area (Å²) in [6.07, 6.45) is -0.115. The quantitative estimate of drug-likeness (QED) is 0.649. The molecule has 0 amide bonds. The monoisotopic (exact) mass is 367 g/mol. The molecule has 0 saturated heterocycles. The Balaban J connectivity index is 1.69. The zero-order valence-corrected chi connectivity index (χ0v) is 14.3. The van der Waals surface area contributed by atoms with Crippen molar-refractivity contribution in [3.8, 4) is 34.1 Å². The highest BCUT2D eigenvalue weighted by molar-refractivity contribution is 6.01. The molecule has 0 fully saturated rings. The molecule has 3 N–H and O–H groups in total. The lowest BCUT2D eigenvalue weighted by atomic mass is 9.90. The van der Waals surface area contributed by atoms with Crippen LogP contribution < -0.4 is 4.74 Å². The number of phenolic OH excluding ortho intramolecular Hbond substituents is 1. The van der Waals surface area contributed by atoms with Gasteiger partial charge in [-0.15, -0.1) is 0 Å². The third-order valence-electron chi connectivity index (χ3n) is 4.64. The molecule has 0 bridgehead atoms.